The summed E-state index contributed by atoms with van der Waals surface area (Å²) in [6.07, 6.45) is 4.33. The Hall–Kier alpha value is -3.65. The Bertz CT molecular complexity index is 1140. The molecule has 32 heavy (non-hydrogen) atoms. The number of carbonyl (C=O) groups is 2. The molecule has 2 aliphatic rings. The largest absolute Gasteiger partial charge is 0.394 e. The van der Waals surface area contributed by atoms with Gasteiger partial charge in [0.15, 0.2) is 0 Å². The van der Waals surface area contributed by atoms with E-state index in [0.29, 0.717) is 6.54 Å². The van der Waals surface area contributed by atoms with Crippen molar-refractivity contribution in [3.05, 3.63) is 84.2 Å². The van der Waals surface area contributed by atoms with E-state index in [-0.39, 0.29) is 54.5 Å². The van der Waals surface area contributed by atoms with Gasteiger partial charge in [-0.25, -0.2) is 9.37 Å². The number of hydrogen-bond acceptors (Lipinski definition) is 5. The van der Waals surface area contributed by atoms with E-state index < -0.39 is 0 Å². The van der Waals surface area contributed by atoms with E-state index in [1.165, 1.54) is 35.6 Å². The highest BCUT2D eigenvalue weighted by molar-refractivity contribution is 5.96. The molecule has 1 N–H and O–H groups in total. The molecule has 3 heterocycles. The number of rotatable bonds is 4. The van der Waals surface area contributed by atoms with Gasteiger partial charge in [-0.1, -0.05) is 36.4 Å². The topological polar surface area (TPSA) is 86.6 Å². The van der Waals surface area contributed by atoms with Crippen LogP contribution >= 0.6 is 0 Å². The predicted molar refractivity (Wildman–Crippen MR) is 114 cm³/mol. The van der Waals surface area contributed by atoms with Crippen LogP contribution in [0.25, 0.3) is 11.1 Å². The Labute approximate surface area is 184 Å². The van der Waals surface area contributed by atoms with Crippen LogP contribution in [0.1, 0.15) is 22.0 Å². The molecule has 0 bridgehead atoms. The zero-order valence-electron chi connectivity index (χ0n) is 17.1. The first-order valence-corrected chi connectivity index (χ1v) is 10.4. The van der Waals surface area contributed by atoms with Crippen LogP contribution in [0.5, 0.6) is 0 Å². The minimum atomic E-state index is -0.330. The Morgan fingerprint density at radius 3 is 2.38 bits per heavy atom. The molecule has 2 saturated heterocycles. The Morgan fingerprint density at radius 1 is 1.06 bits per heavy atom. The van der Waals surface area contributed by atoms with Gasteiger partial charge >= 0.3 is 0 Å². The number of carbonyl (C=O) groups excluding carboxylic acids is 2. The number of fused-ring (bicyclic) bond motifs is 1. The number of hydrogen-bond donors (Lipinski definition) is 1. The lowest BCUT2D eigenvalue weighted by Gasteiger charge is -2.58. The van der Waals surface area contributed by atoms with Crippen molar-refractivity contribution in [1.29, 1.82) is 0 Å². The summed E-state index contributed by atoms with van der Waals surface area (Å²) in [5.41, 5.74) is 3.04. The van der Waals surface area contributed by atoms with Gasteiger partial charge in [0.2, 0.25) is 5.91 Å². The van der Waals surface area contributed by atoms with Crippen molar-refractivity contribution >= 4 is 11.8 Å². The van der Waals surface area contributed by atoms with Crippen molar-refractivity contribution in [2.45, 2.75) is 18.0 Å². The second kappa shape index (κ2) is 8.12. The third-order valence-electron chi connectivity index (χ3n) is 6.29. The summed E-state index contributed by atoms with van der Waals surface area (Å²) in [5, 5.41) is 9.96. The maximum atomic E-state index is 13.2. The molecule has 0 radical (unpaired) electrons. The average Bonchev–Trinajstić information content (AvgIpc) is 2.81. The van der Waals surface area contributed by atoms with Gasteiger partial charge in [0.1, 0.15) is 18.1 Å². The summed E-state index contributed by atoms with van der Waals surface area (Å²) in [7, 11) is 0. The van der Waals surface area contributed by atoms with E-state index in [2.05, 4.69) is 9.97 Å². The molecule has 2 amide bonds. The number of aliphatic hydroxyl groups is 1. The highest BCUT2D eigenvalue weighted by Crippen LogP contribution is 2.43. The average molecular weight is 432 g/mol. The molecule has 2 aliphatic heterocycles. The van der Waals surface area contributed by atoms with E-state index in [1.807, 2.05) is 24.3 Å². The van der Waals surface area contributed by atoms with Crippen molar-refractivity contribution in [2.24, 2.45) is 0 Å². The van der Waals surface area contributed by atoms with Crippen LogP contribution in [-0.4, -0.2) is 68.5 Å². The molecule has 1 aromatic heterocycles. The minimum Gasteiger partial charge on any atom is -0.394 e. The number of piperazine rings is 1. The number of halogens is 1. The van der Waals surface area contributed by atoms with Crippen molar-refractivity contribution in [3.63, 3.8) is 0 Å². The summed E-state index contributed by atoms with van der Waals surface area (Å²) in [6.45, 7) is 0.172. The fourth-order valence-corrected chi connectivity index (χ4v) is 4.77. The summed E-state index contributed by atoms with van der Waals surface area (Å²) >= 11 is 0. The maximum absolute atomic E-state index is 13.2. The highest BCUT2D eigenvalue weighted by Gasteiger charge is 2.54. The van der Waals surface area contributed by atoms with Gasteiger partial charge in [-0.15, -0.1) is 0 Å². The first-order valence-electron chi connectivity index (χ1n) is 10.4. The molecule has 0 unspecified atom stereocenters. The third kappa shape index (κ3) is 3.42. The fourth-order valence-electron chi connectivity index (χ4n) is 4.77. The standard InChI is InChI=1S/C24H21FN4O3/c25-18-7-5-16(6-8-18)15-1-3-17(4-2-15)23-20-12-28(13-22(31)29(20)21(23)14-30)24(32)19-11-26-9-10-27-19/h1-11,20-21,23,30H,12-14H2/t20-,21-,23+/m0/s1. The van der Waals surface area contributed by atoms with Crippen molar-refractivity contribution < 1.29 is 19.1 Å². The quantitative estimate of drug-likeness (QED) is 0.682. The first-order chi connectivity index (χ1) is 15.6. The predicted octanol–water partition coefficient (Wildman–Crippen LogP) is 2.09. The van der Waals surface area contributed by atoms with Gasteiger partial charge in [0.05, 0.1) is 24.9 Å². The first kappa shape index (κ1) is 20.3. The lowest BCUT2D eigenvalue weighted by atomic mass is 9.73. The van der Waals surface area contributed by atoms with Crippen LogP contribution in [0.3, 0.4) is 0 Å². The van der Waals surface area contributed by atoms with Crippen LogP contribution in [0.15, 0.2) is 67.1 Å². The second-order valence-electron chi connectivity index (χ2n) is 8.05. The zero-order chi connectivity index (χ0) is 22.2. The molecule has 0 saturated carbocycles. The Kier molecular flexibility index (Phi) is 5.14. The van der Waals surface area contributed by atoms with E-state index in [0.717, 1.165) is 16.7 Å². The number of benzene rings is 2. The SMILES string of the molecule is O=C(c1cnccn1)N1CC(=O)N2[C@@H](CO)[C@H](c3ccc(-c4ccc(F)cc4)cc3)[C@@H]2C1. The van der Waals surface area contributed by atoms with Crippen molar-refractivity contribution in [3.8, 4) is 11.1 Å². The normalized spacial score (nSPS) is 22.3. The summed E-state index contributed by atoms with van der Waals surface area (Å²) in [5.74, 6) is -0.891. The third-order valence-corrected chi connectivity index (χ3v) is 6.29. The fraction of sp³-hybridized carbons (Fsp3) is 0.250. The molecular weight excluding hydrogens is 411 g/mol. The molecule has 8 heteroatoms. The monoisotopic (exact) mass is 432 g/mol. The van der Waals surface area contributed by atoms with Gasteiger partial charge < -0.3 is 14.9 Å². The molecule has 5 rings (SSSR count). The van der Waals surface area contributed by atoms with E-state index >= 15 is 0 Å². The summed E-state index contributed by atoms with van der Waals surface area (Å²) in [6, 6.07) is 13.6. The minimum absolute atomic E-state index is 0.0430. The number of aliphatic hydroxyl groups excluding tert-OH is 1. The lowest BCUT2D eigenvalue weighted by Crippen LogP contribution is -2.73. The van der Waals surface area contributed by atoms with E-state index in [9.17, 15) is 19.1 Å². The van der Waals surface area contributed by atoms with E-state index in [1.54, 1.807) is 17.0 Å². The van der Waals surface area contributed by atoms with Crippen molar-refractivity contribution in [2.75, 3.05) is 19.7 Å². The van der Waals surface area contributed by atoms with Gasteiger partial charge in [-0.2, -0.15) is 0 Å². The molecule has 7 nitrogen and oxygen atoms in total. The van der Waals surface area contributed by atoms with Crippen molar-refractivity contribution in [1.82, 2.24) is 19.8 Å². The van der Waals surface area contributed by atoms with Gasteiger partial charge in [-0.05, 0) is 28.8 Å². The Morgan fingerprint density at radius 2 is 1.75 bits per heavy atom. The molecule has 3 atom stereocenters. The Balaban J connectivity index is 1.38. The maximum Gasteiger partial charge on any atom is 0.274 e. The molecular formula is C24H21FN4O3. The molecule has 0 aliphatic carbocycles. The number of nitrogens with zero attached hydrogens (tertiary/aromatic N) is 4. The molecule has 0 spiro atoms. The molecule has 162 valence electrons. The smallest absolute Gasteiger partial charge is 0.274 e. The highest BCUT2D eigenvalue weighted by atomic mass is 19.1. The molecule has 2 fully saturated rings. The van der Waals surface area contributed by atoms with Crippen LogP contribution in [-0.2, 0) is 4.79 Å². The molecule has 3 aromatic rings. The number of amides is 2. The van der Waals surface area contributed by atoms with E-state index in [4.69, 9.17) is 0 Å². The summed E-state index contributed by atoms with van der Waals surface area (Å²) < 4.78 is 13.2. The second-order valence-corrected chi connectivity index (χ2v) is 8.05. The van der Waals surface area contributed by atoms with Crippen LogP contribution in [0.4, 0.5) is 4.39 Å². The number of aromatic nitrogens is 2. The van der Waals surface area contributed by atoms with Crippen LogP contribution in [0.2, 0.25) is 0 Å². The van der Waals surface area contributed by atoms with Gasteiger partial charge in [0, 0.05) is 24.9 Å². The van der Waals surface area contributed by atoms with Gasteiger partial charge in [-0.3, -0.25) is 14.6 Å². The lowest BCUT2D eigenvalue weighted by molar-refractivity contribution is -0.159. The van der Waals surface area contributed by atoms with Gasteiger partial charge in [0.25, 0.3) is 5.91 Å². The zero-order valence-corrected chi connectivity index (χ0v) is 17.1. The van der Waals surface area contributed by atoms with Crippen LogP contribution in [0, 0.1) is 5.82 Å². The summed E-state index contributed by atoms with van der Waals surface area (Å²) in [4.78, 5) is 36.8. The van der Waals surface area contributed by atoms with Crippen LogP contribution < -0.4 is 0 Å². The molecule has 2 aromatic carbocycles.